The van der Waals surface area contributed by atoms with Crippen molar-refractivity contribution in [2.75, 3.05) is 26.2 Å². The average Bonchev–Trinajstić information content (AvgIpc) is 3.02. The van der Waals surface area contributed by atoms with Crippen LogP contribution in [0.5, 0.6) is 0 Å². The topological polar surface area (TPSA) is 61.4 Å². The molecule has 0 aromatic heterocycles. The molecule has 0 aromatic carbocycles. The van der Waals surface area contributed by atoms with Gasteiger partial charge in [0.25, 0.3) is 0 Å². The highest BCUT2D eigenvalue weighted by Gasteiger charge is 2.17. The number of rotatable bonds is 6. The molecule has 1 saturated heterocycles. The van der Waals surface area contributed by atoms with E-state index in [-0.39, 0.29) is 11.9 Å². The Morgan fingerprint density at radius 1 is 1.05 bits per heavy atom. The molecule has 0 atom stereocenters. The van der Waals surface area contributed by atoms with Crippen molar-refractivity contribution in [2.24, 2.45) is 0 Å². The van der Waals surface area contributed by atoms with Crippen LogP contribution in [0.3, 0.4) is 0 Å². The van der Waals surface area contributed by atoms with Crippen molar-refractivity contribution in [3.63, 3.8) is 0 Å². The molecule has 1 aliphatic heterocycles. The minimum atomic E-state index is -0.166. The first kappa shape index (κ1) is 15.9. The Bertz CT molecular complexity index is 387. The molecule has 21 heavy (non-hydrogen) atoms. The summed E-state index contributed by atoms with van der Waals surface area (Å²) < 4.78 is 0. The van der Waals surface area contributed by atoms with Gasteiger partial charge in [-0.25, -0.2) is 4.79 Å². The van der Waals surface area contributed by atoms with Gasteiger partial charge in [-0.1, -0.05) is 11.6 Å². The molecule has 1 heterocycles. The fraction of sp³-hybridized carbons (Fsp3) is 0.750. The van der Waals surface area contributed by atoms with E-state index in [9.17, 15) is 9.59 Å². The van der Waals surface area contributed by atoms with Gasteiger partial charge in [0.2, 0.25) is 5.91 Å². The molecule has 0 bridgehead atoms. The Labute approximate surface area is 127 Å². The Hall–Kier alpha value is -1.52. The smallest absolute Gasteiger partial charge is 0.314 e. The Kier molecular flexibility index (Phi) is 6.57. The van der Waals surface area contributed by atoms with Crippen molar-refractivity contribution in [3.8, 4) is 0 Å². The maximum atomic E-state index is 11.8. The van der Waals surface area contributed by atoms with Crippen molar-refractivity contribution in [1.82, 2.24) is 15.5 Å². The van der Waals surface area contributed by atoms with E-state index < -0.39 is 0 Å². The molecule has 5 heteroatoms. The summed E-state index contributed by atoms with van der Waals surface area (Å²) in [6.45, 7) is 2.85. The van der Waals surface area contributed by atoms with E-state index in [1.165, 1.54) is 31.3 Å². The van der Waals surface area contributed by atoms with Crippen LogP contribution in [-0.2, 0) is 4.79 Å². The van der Waals surface area contributed by atoms with E-state index in [1.807, 2.05) is 4.90 Å². The third-order valence-corrected chi connectivity index (χ3v) is 4.20. The first-order valence-electron chi connectivity index (χ1n) is 8.23. The van der Waals surface area contributed by atoms with E-state index in [0.29, 0.717) is 19.5 Å². The summed E-state index contributed by atoms with van der Waals surface area (Å²) in [5.41, 5.74) is 1.46. The van der Waals surface area contributed by atoms with E-state index >= 15 is 0 Å². The van der Waals surface area contributed by atoms with Gasteiger partial charge in [-0.2, -0.15) is 0 Å². The number of carbonyl (C=O) groups is 2. The number of urea groups is 1. The molecule has 1 aliphatic carbocycles. The van der Waals surface area contributed by atoms with E-state index in [4.69, 9.17) is 0 Å². The SMILES string of the molecule is O=C(NCCC(=O)N1CCCC1)NCCC1=CCCCC1. The monoisotopic (exact) mass is 293 g/mol. The van der Waals surface area contributed by atoms with E-state index in [0.717, 1.165) is 32.4 Å². The molecule has 2 aliphatic rings. The van der Waals surface area contributed by atoms with Crippen molar-refractivity contribution in [3.05, 3.63) is 11.6 Å². The highest BCUT2D eigenvalue weighted by Crippen LogP contribution is 2.19. The van der Waals surface area contributed by atoms with E-state index in [2.05, 4.69) is 16.7 Å². The van der Waals surface area contributed by atoms with Crippen LogP contribution < -0.4 is 10.6 Å². The maximum absolute atomic E-state index is 11.8. The lowest BCUT2D eigenvalue weighted by atomic mass is 9.97. The zero-order valence-corrected chi connectivity index (χ0v) is 12.8. The predicted molar refractivity (Wildman–Crippen MR) is 83.0 cm³/mol. The van der Waals surface area contributed by atoms with Crippen LogP contribution in [-0.4, -0.2) is 43.0 Å². The molecular weight excluding hydrogens is 266 g/mol. The molecule has 2 rings (SSSR count). The number of nitrogens with zero attached hydrogens (tertiary/aromatic N) is 1. The van der Waals surface area contributed by atoms with Crippen LogP contribution in [0.2, 0.25) is 0 Å². The summed E-state index contributed by atoms with van der Waals surface area (Å²) in [4.78, 5) is 25.3. The Balaban J connectivity index is 1.51. The van der Waals surface area contributed by atoms with Crippen LogP contribution in [0.1, 0.15) is 51.4 Å². The Morgan fingerprint density at radius 2 is 1.81 bits per heavy atom. The minimum absolute atomic E-state index is 0.153. The lowest BCUT2D eigenvalue weighted by Crippen LogP contribution is -2.38. The van der Waals surface area contributed by atoms with Crippen LogP contribution >= 0.6 is 0 Å². The quantitative estimate of drug-likeness (QED) is 0.737. The van der Waals surface area contributed by atoms with Gasteiger partial charge in [-0.3, -0.25) is 4.79 Å². The molecule has 0 spiro atoms. The summed E-state index contributed by atoms with van der Waals surface area (Å²) in [7, 11) is 0. The zero-order chi connectivity index (χ0) is 14.9. The second-order valence-corrected chi connectivity index (χ2v) is 5.88. The van der Waals surface area contributed by atoms with Gasteiger partial charge in [0.05, 0.1) is 0 Å². The molecule has 118 valence electrons. The van der Waals surface area contributed by atoms with Crippen LogP contribution in [0.25, 0.3) is 0 Å². The number of nitrogens with one attached hydrogen (secondary N) is 2. The highest BCUT2D eigenvalue weighted by molar-refractivity contribution is 5.78. The van der Waals surface area contributed by atoms with Crippen molar-refractivity contribution in [1.29, 1.82) is 0 Å². The number of hydrogen-bond acceptors (Lipinski definition) is 2. The molecule has 0 unspecified atom stereocenters. The molecule has 0 aromatic rings. The van der Waals surface area contributed by atoms with Gasteiger partial charge in [-0.05, 0) is 44.9 Å². The van der Waals surface area contributed by atoms with Crippen molar-refractivity contribution in [2.45, 2.75) is 51.4 Å². The van der Waals surface area contributed by atoms with Gasteiger partial charge in [-0.15, -0.1) is 0 Å². The number of likely N-dealkylation sites (tertiary alicyclic amines) is 1. The normalized spacial score (nSPS) is 18.3. The van der Waals surface area contributed by atoms with Gasteiger partial charge >= 0.3 is 6.03 Å². The maximum Gasteiger partial charge on any atom is 0.314 e. The van der Waals surface area contributed by atoms with Gasteiger partial charge in [0, 0.05) is 32.6 Å². The highest BCUT2D eigenvalue weighted by atomic mass is 16.2. The molecule has 1 fully saturated rings. The molecule has 0 saturated carbocycles. The summed E-state index contributed by atoms with van der Waals surface area (Å²) in [6.07, 6.45) is 10.8. The van der Waals surface area contributed by atoms with E-state index in [1.54, 1.807) is 0 Å². The average molecular weight is 293 g/mol. The molecule has 2 N–H and O–H groups in total. The third-order valence-electron chi connectivity index (χ3n) is 4.20. The number of amides is 3. The summed E-state index contributed by atoms with van der Waals surface area (Å²) >= 11 is 0. The second kappa shape index (κ2) is 8.70. The van der Waals surface area contributed by atoms with Gasteiger partial charge in [0.1, 0.15) is 0 Å². The number of carbonyl (C=O) groups excluding carboxylic acids is 2. The molecule has 3 amide bonds. The van der Waals surface area contributed by atoms with Crippen molar-refractivity contribution < 1.29 is 9.59 Å². The largest absolute Gasteiger partial charge is 0.343 e. The predicted octanol–water partition coefficient (Wildman–Crippen LogP) is 2.19. The fourth-order valence-corrected chi connectivity index (χ4v) is 2.94. The fourth-order valence-electron chi connectivity index (χ4n) is 2.94. The van der Waals surface area contributed by atoms with Gasteiger partial charge in [0.15, 0.2) is 0 Å². The van der Waals surface area contributed by atoms with Crippen molar-refractivity contribution >= 4 is 11.9 Å². The lowest BCUT2D eigenvalue weighted by Gasteiger charge is -2.15. The number of allylic oxidation sites excluding steroid dienone is 1. The first-order valence-corrected chi connectivity index (χ1v) is 8.23. The molecule has 5 nitrogen and oxygen atoms in total. The first-order chi connectivity index (χ1) is 10.3. The standard InChI is InChI=1S/C16H27N3O2/c20-15(19-12-4-5-13-19)9-11-18-16(21)17-10-8-14-6-2-1-3-7-14/h6H,1-5,7-13H2,(H2,17,18,21). The van der Waals surface area contributed by atoms with Crippen LogP contribution in [0.4, 0.5) is 4.79 Å². The summed E-state index contributed by atoms with van der Waals surface area (Å²) in [5.74, 6) is 0.153. The van der Waals surface area contributed by atoms with Crippen LogP contribution in [0.15, 0.2) is 11.6 Å². The van der Waals surface area contributed by atoms with Gasteiger partial charge < -0.3 is 15.5 Å². The lowest BCUT2D eigenvalue weighted by molar-refractivity contribution is -0.129. The third kappa shape index (κ3) is 5.78. The number of hydrogen-bond donors (Lipinski definition) is 2. The second-order valence-electron chi connectivity index (χ2n) is 5.88. The minimum Gasteiger partial charge on any atom is -0.343 e. The zero-order valence-electron chi connectivity index (χ0n) is 12.8. The molecular formula is C16H27N3O2. The summed E-state index contributed by atoms with van der Waals surface area (Å²) in [5, 5.41) is 5.62. The molecule has 0 radical (unpaired) electrons. The van der Waals surface area contributed by atoms with Crippen LogP contribution in [0, 0.1) is 0 Å². The summed E-state index contributed by atoms with van der Waals surface area (Å²) in [6, 6.07) is -0.166. The Morgan fingerprint density at radius 3 is 2.52 bits per heavy atom.